The number of rotatable bonds is 2. The number of ether oxygens (including phenoxy) is 1. The smallest absolute Gasteiger partial charge is 0.264 e. The Kier molecular flexibility index (Phi) is 3.44. The molecule has 5 heteroatoms. The number of hydrogen-bond donors (Lipinski definition) is 1. The van der Waals surface area contributed by atoms with Crippen LogP contribution in [0.5, 0.6) is 5.75 Å². The monoisotopic (exact) mass is 337 g/mol. The third-order valence-electron chi connectivity index (χ3n) is 5.41. The van der Waals surface area contributed by atoms with E-state index in [1.165, 1.54) is 4.90 Å². The summed E-state index contributed by atoms with van der Waals surface area (Å²) in [5, 5.41) is 11.4. The molecule has 2 aromatic rings. The van der Waals surface area contributed by atoms with Gasteiger partial charge in [0.2, 0.25) is 0 Å². The number of benzene rings is 2. The zero-order valence-electron chi connectivity index (χ0n) is 14.2. The topological polar surface area (TPSA) is 66.8 Å². The van der Waals surface area contributed by atoms with Crippen molar-refractivity contribution in [2.45, 2.75) is 18.4 Å². The van der Waals surface area contributed by atoms with E-state index < -0.39 is 17.4 Å². The molecular weight excluding hydrogens is 318 g/mol. The van der Waals surface area contributed by atoms with Gasteiger partial charge in [0.1, 0.15) is 5.75 Å². The molecule has 0 aromatic heterocycles. The Labute approximate surface area is 145 Å². The zero-order valence-corrected chi connectivity index (χ0v) is 14.2. The Morgan fingerprint density at radius 2 is 1.96 bits per heavy atom. The Hall–Kier alpha value is -2.66. The Bertz CT molecular complexity index is 891. The lowest BCUT2D eigenvalue weighted by Crippen LogP contribution is -2.49. The lowest BCUT2D eigenvalue weighted by Gasteiger charge is -2.34. The first kappa shape index (κ1) is 15.8. The fourth-order valence-corrected chi connectivity index (χ4v) is 4.07. The number of anilines is 1. The molecule has 2 atom stereocenters. The molecule has 1 aliphatic carbocycles. The average Bonchev–Trinajstić information content (AvgIpc) is 2.84. The number of methoxy groups -OCH3 is 1. The lowest BCUT2D eigenvalue weighted by atomic mass is 9.71. The second-order valence-corrected chi connectivity index (χ2v) is 6.63. The van der Waals surface area contributed by atoms with Crippen LogP contribution in [0.15, 0.2) is 42.5 Å². The van der Waals surface area contributed by atoms with Crippen LogP contribution in [0, 0.1) is 5.92 Å². The summed E-state index contributed by atoms with van der Waals surface area (Å²) in [6, 6.07) is 12.4. The number of likely N-dealkylation sites (N-methyl/N-ethyl adjacent to an activating group) is 1. The van der Waals surface area contributed by atoms with Gasteiger partial charge in [0, 0.05) is 18.2 Å². The molecule has 0 saturated heterocycles. The molecule has 0 fully saturated rings. The maximum absolute atomic E-state index is 13.1. The number of para-hydroxylation sites is 1. The number of ketones is 1. The van der Waals surface area contributed by atoms with Gasteiger partial charge in [-0.2, -0.15) is 0 Å². The van der Waals surface area contributed by atoms with E-state index in [1.807, 2.05) is 12.1 Å². The summed E-state index contributed by atoms with van der Waals surface area (Å²) in [6.07, 6.45) is 1.04. The summed E-state index contributed by atoms with van der Waals surface area (Å²) in [5.41, 5.74) is 0.822. The van der Waals surface area contributed by atoms with Crippen LogP contribution >= 0.6 is 0 Å². The van der Waals surface area contributed by atoms with Gasteiger partial charge < -0.3 is 14.7 Å². The molecule has 5 nitrogen and oxygen atoms in total. The van der Waals surface area contributed by atoms with E-state index in [4.69, 9.17) is 4.74 Å². The molecule has 0 saturated carbocycles. The minimum absolute atomic E-state index is 0.190. The van der Waals surface area contributed by atoms with Crippen molar-refractivity contribution in [1.82, 2.24) is 0 Å². The average molecular weight is 337 g/mol. The number of nitrogens with zero attached hydrogens (tertiary/aromatic N) is 1. The number of amides is 1. The van der Waals surface area contributed by atoms with E-state index in [-0.39, 0.29) is 5.78 Å². The third kappa shape index (κ3) is 2.05. The summed E-state index contributed by atoms with van der Waals surface area (Å²) < 4.78 is 5.22. The number of aryl methyl sites for hydroxylation is 1. The molecule has 0 spiro atoms. The summed E-state index contributed by atoms with van der Waals surface area (Å²) in [5.74, 6) is -0.716. The first-order chi connectivity index (χ1) is 12.0. The van der Waals surface area contributed by atoms with Crippen molar-refractivity contribution < 1.29 is 19.4 Å². The highest BCUT2D eigenvalue weighted by atomic mass is 16.5. The second kappa shape index (κ2) is 5.43. The number of hydrogen-bond acceptors (Lipinski definition) is 4. The van der Waals surface area contributed by atoms with Crippen LogP contribution in [-0.4, -0.2) is 31.0 Å². The predicted molar refractivity (Wildman–Crippen MR) is 92.9 cm³/mol. The van der Waals surface area contributed by atoms with E-state index >= 15 is 0 Å². The first-order valence-corrected chi connectivity index (χ1v) is 8.29. The van der Waals surface area contributed by atoms with Crippen LogP contribution < -0.4 is 9.64 Å². The summed E-state index contributed by atoms with van der Waals surface area (Å²) >= 11 is 0. The van der Waals surface area contributed by atoms with Crippen LogP contribution in [0.4, 0.5) is 5.69 Å². The first-order valence-electron chi connectivity index (χ1n) is 8.29. The molecule has 0 unspecified atom stereocenters. The molecule has 2 aromatic carbocycles. The minimum atomic E-state index is -1.81. The summed E-state index contributed by atoms with van der Waals surface area (Å²) in [6.45, 7) is 0. The molecule has 1 amide bonds. The van der Waals surface area contributed by atoms with Crippen molar-refractivity contribution in [1.29, 1.82) is 0 Å². The largest absolute Gasteiger partial charge is 0.497 e. The molecule has 1 N–H and O–H groups in total. The molecule has 25 heavy (non-hydrogen) atoms. The van der Waals surface area contributed by atoms with E-state index in [2.05, 4.69) is 0 Å². The third-order valence-corrected chi connectivity index (χ3v) is 5.41. The molecule has 1 aliphatic heterocycles. The van der Waals surface area contributed by atoms with Crippen LogP contribution in [-0.2, 0) is 16.8 Å². The predicted octanol–water partition coefficient (Wildman–Crippen LogP) is 2.30. The molecule has 0 bridgehead atoms. The van der Waals surface area contributed by atoms with E-state index in [1.54, 1.807) is 44.5 Å². The highest BCUT2D eigenvalue weighted by Gasteiger charge is 2.56. The Morgan fingerprint density at radius 1 is 1.20 bits per heavy atom. The van der Waals surface area contributed by atoms with Gasteiger partial charge in [-0.1, -0.05) is 18.2 Å². The minimum Gasteiger partial charge on any atom is -0.497 e. The van der Waals surface area contributed by atoms with Gasteiger partial charge in [0.25, 0.3) is 5.91 Å². The molecule has 4 rings (SSSR count). The molecule has 2 aliphatic rings. The van der Waals surface area contributed by atoms with E-state index in [0.29, 0.717) is 35.4 Å². The van der Waals surface area contributed by atoms with Crippen molar-refractivity contribution in [3.8, 4) is 5.75 Å². The van der Waals surface area contributed by atoms with Gasteiger partial charge in [0.05, 0.1) is 18.7 Å². The fraction of sp³-hybridized carbons (Fsp3) is 0.300. The molecule has 0 radical (unpaired) electrons. The van der Waals surface area contributed by atoms with E-state index in [0.717, 1.165) is 5.56 Å². The van der Waals surface area contributed by atoms with Crippen molar-refractivity contribution in [3.63, 3.8) is 0 Å². The van der Waals surface area contributed by atoms with Crippen molar-refractivity contribution in [3.05, 3.63) is 59.2 Å². The Balaban J connectivity index is 1.80. The van der Waals surface area contributed by atoms with Gasteiger partial charge in [-0.25, -0.2) is 0 Å². The SMILES string of the molecule is COc1ccc2c(c1)CC[C@H]([C@@]1(O)C(=O)N(C)c3ccccc31)C2=O. The van der Waals surface area contributed by atoms with Crippen LogP contribution in [0.2, 0.25) is 0 Å². The summed E-state index contributed by atoms with van der Waals surface area (Å²) in [7, 11) is 3.22. The zero-order chi connectivity index (χ0) is 17.8. The standard InChI is InChI=1S/C20H19NO4/c1-21-17-6-4-3-5-15(17)20(24,19(21)23)16-10-7-12-11-13(25-2)8-9-14(12)18(16)22/h3-6,8-9,11,16,24H,7,10H2,1-2H3/t16-,20+/m0/s1. The van der Waals surface area contributed by atoms with Gasteiger partial charge in [-0.05, 0) is 42.7 Å². The number of carbonyl (C=O) groups is 2. The quantitative estimate of drug-likeness (QED) is 0.913. The normalized spacial score (nSPS) is 24.9. The fourth-order valence-electron chi connectivity index (χ4n) is 4.07. The van der Waals surface area contributed by atoms with Crippen LogP contribution in [0.3, 0.4) is 0 Å². The molecule has 1 heterocycles. The number of carbonyl (C=O) groups excluding carboxylic acids is 2. The Morgan fingerprint density at radius 3 is 2.72 bits per heavy atom. The molecule has 128 valence electrons. The van der Waals surface area contributed by atoms with E-state index in [9.17, 15) is 14.7 Å². The highest BCUT2D eigenvalue weighted by molar-refractivity contribution is 6.12. The van der Waals surface area contributed by atoms with Gasteiger partial charge in [0.15, 0.2) is 11.4 Å². The number of Topliss-reactive ketones (excluding diaryl/α,β-unsaturated/α-hetero) is 1. The maximum Gasteiger partial charge on any atom is 0.264 e. The van der Waals surface area contributed by atoms with Crippen molar-refractivity contribution in [2.75, 3.05) is 19.1 Å². The lowest BCUT2D eigenvalue weighted by molar-refractivity contribution is -0.140. The number of aliphatic hydroxyl groups is 1. The van der Waals surface area contributed by atoms with Crippen molar-refractivity contribution in [2.24, 2.45) is 5.92 Å². The molecular formula is C20H19NO4. The second-order valence-electron chi connectivity index (χ2n) is 6.63. The highest BCUT2D eigenvalue weighted by Crippen LogP contribution is 2.47. The van der Waals surface area contributed by atoms with Gasteiger partial charge >= 0.3 is 0 Å². The van der Waals surface area contributed by atoms with Gasteiger partial charge in [-0.3, -0.25) is 9.59 Å². The van der Waals surface area contributed by atoms with Crippen molar-refractivity contribution >= 4 is 17.4 Å². The number of fused-ring (bicyclic) bond motifs is 2. The summed E-state index contributed by atoms with van der Waals surface area (Å²) in [4.78, 5) is 27.4. The maximum atomic E-state index is 13.1. The van der Waals surface area contributed by atoms with Crippen LogP contribution in [0.25, 0.3) is 0 Å². The van der Waals surface area contributed by atoms with Crippen LogP contribution in [0.1, 0.15) is 27.9 Å². The van der Waals surface area contributed by atoms with Gasteiger partial charge in [-0.15, -0.1) is 0 Å².